The quantitative estimate of drug-likeness (QED) is 0.287. The average Bonchev–Trinajstić information content (AvgIpc) is 2.94. The van der Waals surface area contributed by atoms with Crippen molar-refractivity contribution < 1.29 is 39.2 Å². The molecule has 218 valence electrons. The Labute approximate surface area is 233 Å². The SMILES string of the molecule is COc1ccc(CC2c3cc(OC)c(OC)cc3CCN2C)cc1O.O=[N+]([O-])c1cc([N+](=O)[O-])c(O)c([N+](=O)[O-])c1. The van der Waals surface area contributed by atoms with Crippen molar-refractivity contribution in [3.8, 4) is 28.7 Å². The first-order valence-corrected chi connectivity index (χ1v) is 12.0. The summed E-state index contributed by atoms with van der Waals surface area (Å²) in [6.45, 7) is 0.981. The number of fused-ring (bicyclic) bond motifs is 1. The van der Waals surface area contributed by atoms with Crippen LogP contribution in [0.2, 0.25) is 0 Å². The number of nitro groups is 3. The lowest BCUT2D eigenvalue weighted by molar-refractivity contribution is -0.404. The molecule has 0 fully saturated rings. The van der Waals surface area contributed by atoms with Crippen LogP contribution in [0.15, 0.2) is 42.5 Å². The molecule has 0 aliphatic carbocycles. The number of nitrogens with zero attached hydrogens (tertiary/aromatic N) is 4. The van der Waals surface area contributed by atoms with E-state index in [9.17, 15) is 35.4 Å². The number of aromatic hydroxyl groups is 2. The molecule has 1 heterocycles. The number of phenols is 2. The summed E-state index contributed by atoms with van der Waals surface area (Å²) in [4.78, 5) is 30.1. The molecule has 1 unspecified atom stereocenters. The van der Waals surface area contributed by atoms with Gasteiger partial charge in [-0.05, 0) is 60.8 Å². The van der Waals surface area contributed by atoms with Crippen LogP contribution in [0.1, 0.15) is 22.7 Å². The van der Waals surface area contributed by atoms with E-state index in [0.717, 1.165) is 36.4 Å². The Bertz CT molecular complexity index is 1440. The molecule has 2 N–H and O–H groups in total. The number of nitro benzene ring substituents is 3. The minimum absolute atomic E-state index is 0.172. The van der Waals surface area contributed by atoms with E-state index in [1.165, 1.54) is 11.1 Å². The molecule has 0 aromatic heterocycles. The zero-order chi connectivity index (χ0) is 30.4. The maximum absolute atomic E-state index is 10.4. The van der Waals surface area contributed by atoms with Crippen LogP contribution in [0.3, 0.4) is 0 Å². The minimum atomic E-state index is -1.21. The van der Waals surface area contributed by atoms with Gasteiger partial charge in [-0.25, -0.2) is 0 Å². The molecule has 0 radical (unpaired) electrons. The summed E-state index contributed by atoms with van der Waals surface area (Å²) in [6, 6.07) is 10.9. The van der Waals surface area contributed by atoms with Gasteiger partial charge in [0, 0.05) is 12.6 Å². The fourth-order valence-electron chi connectivity index (χ4n) is 4.48. The van der Waals surface area contributed by atoms with Gasteiger partial charge in [0.05, 0.1) is 48.2 Å². The molecule has 1 aliphatic rings. The highest BCUT2D eigenvalue weighted by molar-refractivity contribution is 5.64. The van der Waals surface area contributed by atoms with Gasteiger partial charge in [0.2, 0.25) is 0 Å². The second-order valence-electron chi connectivity index (χ2n) is 8.97. The van der Waals surface area contributed by atoms with Crippen LogP contribution in [0.4, 0.5) is 17.1 Å². The first-order chi connectivity index (χ1) is 19.4. The molecular weight excluding hydrogens is 544 g/mol. The van der Waals surface area contributed by atoms with E-state index in [4.69, 9.17) is 19.3 Å². The number of hydrogen-bond donors (Lipinski definition) is 2. The standard InChI is InChI=1S/C20H25NO4.C6H3N3O7/c1-21-8-7-14-11-19(24-3)20(25-4)12-15(14)16(21)9-13-5-6-18(23-2)17(22)10-13;10-6-4(8(13)14)1-3(7(11)12)2-5(6)9(15)16/h5-6,10-12,16,22H,7-9H2,1-4H3;1-2,10H. The molecule has 0 bridgehead atoms. The molecule has 3 aromatic carbocycles. The van der Waals surface area contributed by atoms with Crippen LogP contribution in [0, 0.1) is 30.3 Å². The van der Waals surface area contributed by atoms with E-state index in [-0.39, 0.29) is 11.8 Å². The summed E-state index contributed by atoms with van der Waals surface area (Å²) in [5, 5.41) is 50.3. The van der Waals surface area contributed by atoms with Crippen LogP contribution in [-0.2, 0) is 12.8 Å². The highest BCUT2D eigenvalue weighted by Crippen LogP contribution is 2.40. The first kappa shape index (κ1) is 30.4. The van der Waals surface area contributed by atoms with Crippen molar-refractivity contribution in [3.63, 3.8) is 0 Å². The Morgan fingerprint density at radius 2 is 1.39 bits per heavy atom. The fraction of sp³-hybridized carbons (Fsp3) is 0.308. The molecular formula is C26H28N4O11. The Morgan fingerprint density at radius 1 is 0.829 bits per heavy atom. The second-order valence-corrected chi connectivity index (χ2v) is 8.97. The Hall–Kier alpha value is -5.18. The van der Waals surface area contributed by atoms with Crippen molar-refractivity contribution in [1.29, 1.82) is 0 Å². The number of ether oxygens (including phenoxy) is 3. The van der Waals surface area contributed by atoms with Gasteiger partial charge in [-0.15, -0.1) is 0 Å². The fourth-order valence-corrected chi connectivity index (χ4v) is 4.48. The molecule has 41 heavy (non-hydrogen) atoms. The zero-order valence-electron chi connectivity index (χ0n) is 22.6. The third kappa shape index (κ3) is 6.70. The van der Waals surface area contributed by atoms with Crippen molar-refractivity contribution in [2.24, 2.45) is 0 Å². The van der Waals surface area contributed by atoms with E-state index in [2.05, 4.69) is 24.1 Å². The topological polar surface area (TPSA) is 201 Å². The van der Waals surface area contributed by atoms with Gasteiger partial charge in [0.1, 0.15) is 0 Å². The molecule has 0 amide bonds. The number of methoxy groups -OCH3 is 3. The molecule has 0 saturated heterocycles. The molecule has 1 aliphatic heterocycles. The Balaban J connectivity index is 0.000000250. The molecule has 15 nitrogen and oxygen atoms in total. The first-order valence-electron chi connectivity index (χ1n) is 12.0. The lowest BCUT2D eigenvalue weighted by atomic mass is 9.88. The predicted molar refractivity (Wildman–Crippen MR) is 145 cm³/mol. The third-order valence-corrected chi connectivity index (χ3v) is 6.60. The van der Waals surface area contributed by atoms with Crippen molar-refractivity contribution in [2.45, 2.75) is 18.9 Å². The normalized spacial score (nSPS) is 14.2. The van der Waals surface area contributed by atoms with Crippen LogP contribution < -0.4 is 14.2 Å². The third-order valence-electron chi connectivity index (χ3n) is 6.60. The van der Waals surface area contributed by atoms with E-state index in [1.807, 2.05) is 12.1 Å². The van der Waals surface area contributed by atoms with Crippen molar-refractivity contribution in [2.75, 3.05) is 34.9 Å². The number of benzene rings is 3. The second kappa shape index (κ2) is 12.8. The van der Waals surface area contributed by atoms with Gasteiger partial charge in [-0.2, -0.15) is 0 Å². The van der Waals surface area contributed by atoms with Gasteiger partial charge in [0.15, 0.2) is 23.0 Å². The van der Waals surface area contributed by atoms with E-state index < -0.39 is 37.6 Å². The van der Waals surface area contributed by atoms with Crippen LogP contribution >= 0.6 is 0 Å². The maximum Gasteiger partial charge on any atom is 0.324 e. The van der Waals surface area contributed by atoms with Crippen LogP contribution in [0.5, 0.6) is 28.7 Å². The lowest BCUT2D eigenvalue weighted by Gasteiger charge is -2.35. The van der Waals surface area contributed by atoms with Gasteiger partial charge in [0.25, 0.3) is 11.4 Å². The Morgan fingerprint density at radius 3 is 1.88 bits per heavy atom. The van der Waals surface area contributed by atoms with Crippen LogP contribution in [0.25, 0.3) is 0 Å². The molecule has 15 heteroatoms. The highest BCUT2D eigenvalue weighted by atomic mass is 16.6. The summed E-state index contributed by atoms with van der Waals surface area (Å²) in [6.07, 6.45) is 1.78. The zero-order valence-corrected chi connectivity index (χ0v) is 22.6. The van der Waals surface area contributed by atoms with Gasteiger partial charge in [-0.1, -0.05) is 6.07 Å². The number of likely N-dealkylation sites (N-methyl/N-ethyl adjacent to an activating group) is 1. The predicted octanol–water partition coefficient (Wildman–Crippen LogP) is 4.31. The average molecular weight is 573 g/mol. The summed E-state index contributed by atoms with van der Waals surface area (Å²) in [7, 11) is 7.01. The molecule has 0 spiro atoms. The minimum Gasteiger partial charge on any atom is -0.504 e. The van der Waals surface area contributed by atoms with Gasteiger partial charge in [-0.3, -0.25) is 35.2 Å². The van der Waals surface area contributed by atoms with E-state index in [1.54, 1.807) is 27.4 Å². The van der Waals surface area contributed by atoms with E-state index >= 15 is 0 Å². The molecule has 3 aromatic rings. The summed E-state index contributed by atoms with van der Waals surface area (Å²) >= 11 is 0. The summed E-state index contributed by atoms with van der Waals surface area (Å²) in [5.41, 5.74) is 0.607. The summed E-state index contributed by atoms with van der Waals surface area (Å²) < 4.78 is 16.1. The number of phenolic OH excluding ortho intramolecular Hbond substituents is 2. The smallest absolute Gasteiger partial charge is 0.324 e. The summed E-state index contributed by atoms with van der Waals surface area (Å²) in [5.74, 6) is 0.977. The monoisotopic (exact) mass is 572 g/mol. The number of rotatable bonds is 8. The van der Waals surface area contributed by atoms with E-state index in [0.29, 0.717) is 17.9 Å². The molecule has 0 saturated carbocycles. The van der Waals surface area contributed by atoms with Gasteiger partial charge < -0.3 is 24.4 Å². The van der Waals surface area contributed by atoms with Gasteiger partial charge >= 0.3 is 11.4 Å². The van der Waals surface area contributed by atoms with Crippen molar-refractivity contribution in [1.82, 2.24) is 4.90 Å². The molecule has 4 rings (SSSR count). The maximum atomic E-state index is 10.4. The number of non-ortho nitro benzene ring substituents is 1. The highest BCUT2D eigenvalue weighted by Gasteiger charge is 2.30. The largest absolute Gasteiger partial charge is 0.504 e. The van der Waals surface area contributed by atoms with Crippen LogP contribution in [-0.4, -0.2) is 64.8 Å². The lowest BCUT2D eigenvalue weighted by Crippen LogP contribution is -2.33. The Kier molecular flexibility index (Phi) is 9.47. The molecule has 1 atom stereocenters. The van der Waals surface area contributed by atoms with Crippen molar-refractivity contribution in [3.05, 3.63) is 89.5 Å². The van der Waals surface area contributed by atoms with Crippen molar-refractivity contribution >= 4 is 17.1 Å². The number of hydrogen-bond acceptors (Lipinski definition) is 12.